The van der Waals surface area contributed by atoms with Gasteiger partial charge in [0.2, 0.25) is 5.91 Å². The van der Waals surface area contributed by atoms with Crippen LogP contribution in [0.5, 0.6) is 0 Å². The van der Waals surface area contributed by atoms with Gasteiger partial charge in [-0.15, -0.1) is 0 Å². The minimum atomic E-state index is -0.161. The molecule has 1 saturated heterocycles. The van der Waals surface area contributed by atoms with Crippen LogP contribution >= 0.6 is 0 Å². The number of carbonyl (C=O) groups is 1. The van der Waals surface area contributed by atoms with Gasteiger partial charge in [-0.05, 0) is 45.1 Å². The maximum atomic E-state index is 12.2. The summed E-state index contributed by atoms with van der Waals surface area (Å²) in [7, 11) is 0. The fraction of sp³-hybridized carbons (Fsp3) is 0.941. The molecular formula is C17H32N2O2. The first-order chi connectivity index (χ1) is 10.2. The number of likely N-dealkylation sites (tertiary alicyclic amines) is 1. The molecule has 1 aliphatic heterocycles. The van der Waals surface area contributed by atoms with Crippen LogP contribution in [0.25, 0.3) is 0 Å². The lowest BCUT2D eigenvalue weighted by Crippen LogP contribution is -2.47. The average molecular weight is 296 g/mol. The Morgan fingerprint density at radius 3 is 2.57 bits per heavy atom. The van der Waals surface area contributed by atoms with Gasteiger partial charge in [0, 0.05) is 18.0 Å². The summed E-state index contributed by atoms with van der Waals surface area (Å²) in [5, 5.41) is 13.4. The highest BCUT2D eigenvalue weighted by atomic mass is 16.3. The van der Waals surface area contributed by atoms with Gasteiger partial charge in [-0.3, -0.25) is 9.69 Å². The SMILES string of the molecule is CCC(CC)NC(=O)CN1CCCC1C1CCCCC1O. The molecule has 4 nitrogen and oxygen atoms in total. The molecule has 0 bridgehead atoms. The summed E-state index contributed by atoms with van der Waals surface area (Å²) in [5.74, 6) is 0.531. The van der Waals surface area contributed by atoms with E-state index in [1.165, 1.54) is 6.42 Å². The van der Waals surface area contributed by atoms with E-state index in [4.69, 9.17) is 0 Å². The third kappa shape index (κ3) is 4.43. The lowest BCUT2D eigenvalue weighted by atomic mass is 9.80. The Bertz CT molecular complexity index is 331. The van der Waals surface area contributed by atoms with E-state index in [0.29, 0.717) is 24.5 Å². The van der Waals surface area contributed by atoms with Crippen LogP contribution in [-0.4, -0.2) is 47.2 Å². The maximum Gasteiger partial charge on any atom is 0.234 e. The monoisotopic (exact) mass is 296 g/mol. The fourth-order valence-electron chi connectivity index (χ4n) is 4.07. The van der Waals surface area contributed by atoms with Crippen molar-refractivity contribution in [1.82, 2.24) is 10.2 Å². The molecular weight excluding hydrogens is 264 g/mol. The summed E-state index contributed by atoms with van der Waals surface area (Å²) in [4.78, 5) is 14.5. The zero-order valence-corrected chi connectivity index (χ0v) is 13.7. The molecule has 3 atom stereocenters. The predicted octanol–water partition coefficient (Wildman–Crippen LogP) is 2.31. The molecule has 1 heterocycles. The molecule has 1 amide bonds. The van der Waals surface area contributed by atoms with Gasteiger partial charge in [0.05, 0.1) is 12.6 Å². The van der Waals surface area contributed by atoms with E-state index >= 15 is 0 Å². The van der Waals surface area contributed by atoms with Crippen LogP contribution in [0.15, 0.2) is 0 Å². The number of amides is 1. The van der Waals surface area contributed by atoms with E-state index in [0.717, 1.165) is 51.5 Å². The number of hydrogen-bond donors (Lipinski definition) is 2. The van der Waals surface area contributed by atoms with Crippen LogP contribution in [-0.2, 0) is 4.79 Å². The third-order valence-corrected chi connectivity index (χ3v) is 5.39. The lowest BCUT2D eigenvalue weighted by Gasteiger charge is -2.37. The first-order valence-corrected chi connectivity index (χ1v) is 8.87. The standard InChI is InChI=1S/C17H32N2O2/c1-3-13(4-2)18-17(21)12-19-11-7-9-15(19)14-8-5-6-10-16(14)20/h13-16,20H,3-12H2,1-2H3,(H,18,21). The van der Waals surface area contributed by atoms with E-state index in [1.54, 1.807) is 0 Å². The van der Waals surface area contributed by atoms with Crippen LogP contribution in [0.2, 0.25) is 0 Å². The Labute approximate surface area is 129 Å². The van der Waals surface area contributed by atoms with Crippen molar-refractivity contribution in [2.24, 2.45) is 5.92 Å². The molecule has 0 radical (unpaired) electrons. The molecule has 2 rings (SSSR count). The number of aliphatic hydroxyl groups excluding tert-OH is 1. The summed E-state index contributed by atoms with van der Waals surface area (Å²) in [5.41, 5.74) is 0. The van der Waals surface area contributed by atoms with Gasteiger partial charge in [0.1, 0.15) is 0 Å². The molecule has 122 valence electrons. The number of hydrogen-bond acceptors (Lipinski definition) is 3. The number of aliphatic hydroxyl groups is 1. The van der Waals surface area contributed by atoms with Gasteiger partial charge in [0.15, 0.2) is 0 Å². The highest BCUT2D eigenvalue weighted by Crippen LogP contribution is 2.34. The topological polar surface area (TPSA) is 52.6 Å². The molecule has 0 spiro atoms. The van der Waals surface area contributed by atoms with E-state index < -0.39 is 0 Å². The number of nitrogens with zero attached hydrogens (tertiary/aromatic N) is 1. The smallest absolute Gasteiger partial charge is 0.234 e. The summed E-state index contributed by atoms with van der Waals surface area (Å²) in [6, 6.07) is 0.714. The molecule has 2 fully saturated rings. The van der Waals surface area contributed by atoms with Crippen molar-refractivity contribution < 1.29 is 9.90 Å². The first kappa shape index (κ1) is 16.8. The number of carbonyl (C=O) groups excluding carboxylic acids is 1. The second-order valence-electron chi connectivity index (χ2n) is 6.78. The van der Waals surface area contributed by atoms with E-state index in [2.05, 4.69) is 24.1 Å². The van der Waals surface area contributed by atoms with Crippen molar-refractivity contribution in [3.05, 3.63) is 0 Å². The Kier molecular flexibility index (Phi) is 6.49. The molecule has 21 heavy (non-hydrogen) atoms. The van der Waals surface area contributed by atoms with E-state index in [1.807, 2.05) is 0 Å². The van der Waals surface area contributed by atoms with Crippen LogP contribution in [0.1, 0.15) is 65.2 Å². The molecule has 1 aliphatic carbocycles. The van der Waals surface area contributed by atoms with Gasteiger partial charge in [-0.1, -0.05) is 26.7 Å². The maximum absolute atomic E-state index is 12.2. The predicted molar refractivity (Wildman–Crippen MR) is 85.1 cm³/mol. The minimum Gasteiger partial charge on any atom is -0.393 e. The molecule has 3 unspecified atom stereocenters. The summed E-state index contributed by atoms with van der Waals surface area (Å²) < 4.78 is 0. The Balaban J connectivity index is 1.88. The third-order valence-electron chi connectivity index (χ3n) is 5.39. The molecule has 0 aromatic heterocycles. The second kappa shape index (κ2) is 8.14. The lowest BCUT2D eigenvalue weighted by molar-refractivity contribution is -0.123. The molecule has 2 aliphatic rings. The van der Waals surface area contributed by atoms with Crippen molar-refractivity contribution in [2.75, 3.05) is 13.1 Å². The quantitative estimate of drug-likeness (QED) is 0.791. The largest absolute Gasteiger partial charge is 0.393 e. The highest BCUT2D eigenvalue weighted by Gasteiger charge is 2.37. The van der Waals surface area contributed by atoms with Crippen LogP contribution in [0, 0.1) is 5.92 Å². The fourth-order valence-corrected chi connectivity index (χ4v) is 4.07. The van der Waals surface area contributed by atoms with E-state index in [-0.39, 0.29) is 12.0 Å². The summed E-state index contributed by atoms with van der Waals surface area (Å²) in [6.07, 6.45) is 8.56. The van der Waals surface area contributed by atoms with Gasteiger partial charge < -0.3 is 10.4 Å². The molecule has 1 saturated carbocycles. The molecule has 4 heteroatoms. The first-order valence-electron chi connectivity index (χ1n) is 8.87. The summed E-state index contributed by atoms with van der Waals surface area (Å²) in [6.45, 7) is 5.74. The van der Waals surface area contributed by atoms with Gasteiger partial charge in [0.25, 0.3) is 0 Å². The van der Waals surface area contributed by atoms with Crippen molar-refractivity contribution in [1.29, 1.82) is 0 Å². The van der Waals surface area contributed by atoms with Crippen LogP contribution in [0.3, 0.4) is 0 Å². The summed E-state index contributed by atoms with van der Waals surface area (Å²) >= 11 is 0. The van der Waals surface area contributed by atoms with Crippen molar-refractivity contribution in [3.63, 3.8) is 0 Å². The zero-order chi connectivity index (χ0) is 15.2. The minimum absolute atomic E-state index is 0.154. The number of nitrogens with one attached hydrogen (secondary N) is 1. The Hall–Kier alpha value is -0.610. The van der Waals surface area contributed by atoms with Crippen LogP contribution < -0.4 is 5.32 Å². The Morgan fingerprint density at radius 1 is 1.19 bits per heavy atom. The van der Waals surface area contributed by atoms with Gasteiger partial charge in [-0.25, -0.2) is 0 Å². The molecule has 0 aromatic rings. The van der Waals surface area contributed by atoms with Crippen molar-refractivity contribution in [2.45, 2.75) is 83.4 Å². The Morgan fingerprint density at radius 2 is 1.90 bits per heavy atom. The normalized spacial score (nSPS) is 30.8. The van der Waals surface area contributed by atoms with E-state index in [9.17, 15) is 9.90 Å². The molecule has 2 N–H and O–H groups in total. The zero-order valence-electron chi connectivity index (χ0n) is 13.7. The average Bonchev–Trinajstić information content (AvgIpc) is 2.93. The molecule has 0 aromatic carbocycles. The van der Waals surface area contributed by atoms with Crippen molar-refractivity contribution >= 4 is 5.91 Å². The second-order valence-corrected chi connectivity index (χ2v) is 6.78. The van der Waals surface area contributed by atoms with Gasteiger partial charge in [-0.2, -0.15) is 0 Å². The van der Waals surface area contributed by atoms with Crippen LogP contribution in [0.4, 0.5) is 0 Å². The highest BCUT2D eigenvalue weighted by molar-refractivity contribution is 5.78. The van der Waals surface area contributed by atoms with Gasteiger partial charge >= 0.3 is 0 Å². The van der Waals surface area contributed by atoms with Crippen molar-refractivity contribution in [3.8, 4) is 0 Å². The number of rotatable bonds is 6.